The lowest BCUT2D eigenvalue weighted by atomic mass is 9.93. The first-order chi connectivity index (χ1) is 5.71. The molecule has 0 radical (unpaired) electrons. The molecule has 1 nitrogen and oxygen atoms in total. The molecule has 0 saturated carbocycles. The van der Waals surface area contributed by atoms with Crippen LogP contribution in [0.4, 0.5) is 0 Å². The van der Waals surface area contributed by atoms with Crippen LogP contribution in [0.2, 0.25) is 0 Å². The van der Waals surface area contributed by atoms with Gasteiger partial charge in [0.05, 0.1) is 10.4 Å². The zero-order valence-electron chi connectivity index (χ0n) is 8.88. The van der Waals surface area contributed by atoms with Crippen molar-refractivity contribution in [3.63, 3.8) is 0 Å². The van der Waals surface area contributed by atoms with Crippen LogP contribution in [-0.4, -0.2) is 4.98 Å². The van der Waals surface area contributed by atoms with Crippen molar-refractivity contribution >= 4 is 24.0 Å². The maximum Gasteiger partial charge on any atom is 0.108 e. The van der Waals surface area contributed by atoms with E-state index in [0.717, 1.165) is 10.7 Å². The van der Waals surface area contributed by atoms with Crippen molar-refractivity contribution in [2.24, 2.45) is 0 Å². The molecule has 74 valence electrons. The summed E-state index contributed by atoms with van der Waals surface area (Å²) in [6, 6.07) is 0. The predicted molar refractivity (Wildman–Crippen MR) is 62.8 cm³/mol. The molecule has 0 fully saturated rings. The van der Waals surface area contributed by atoms with Crippen LogP contribution in [0, 0.1) is 0 Å². The van der Waals surface area contributed by atoms with Crippen molar-refractivity contribution < 1.29 is 0 Å². The molecule has 0 aromatic carbocycles. The second-order valence-corrected chi connectivity index (χ2v) is 6.82. The van der Waals surface area contributed by atoms with E-state index in [1.807, 2.05) is 0 Å². The van der Waals surface area contributed by atoms with E-state index in [0.29, 0.717) is 0 Å². The van der Waals surface area contributed by atoms with Crippen LogP contribution in [0.5, 0.6) is 0 Å². The molecule has 0 aliphatic carbocycles. The van der Waals surface area contributed by atoms with E-state index in [1.165, 1.54) is 0 Å². The van der Waals surface area contributed by atoms with E-state index in [4.69, 9.17) is 0 Å². The van der Waals surface area contributed by atoms with Crippen LogP contribution in [0.15, 0.2) is 5.38 Å². The minimum absolute atomic E-state index is 0.117. The minimum atomic E-state index is -0.117. The largest absolute Gasteiger partial charge is 0.244 e. The fourth-order valence-electron chi connectivity index (χ4n) is 0.899. The third kappa shape index (κ3) is 2.71. The number of nitrogens with zero attached hydrogens (tertiary/aromatic N) is 1. The molecule has 0 unspecified atom stereocenters. The fraction of sp³-hybridized carbons (Fsp3) is 0.700. The number of thiol groups is 1. The summed E-state index contributed by atoms with van der Waals surface area (Å²) in [6.45, 7) is 10.7. The van der Waals surface area contributed by atoms with Crippen LogP contribution in [0.25, 0.3) is 0 Å². The van der Waals surface area contributed by atoms with Crippen molar-refractivity contribution in [2.75, 3.05) is 0 Å². The Hall–Kier alpha value is -0.0200. The summed E-state index contributed by atoms with van der Waals surface area (Å²) in [5.74, 6) is 0. The first kappa shape index (κ1) is 11.1. The molecule has 0 amide bonds. The van der Waals surface area contributed by atoms with Gasteiger partial charge in [-0.1, -0.05) is 20.8 Å². The van der Waals surface area contributed by atoms with Gasteiger partial charge >= 0.3 is 0 Å². The summed E-state index contributed by atoms with van der Waals surface area (Å²) in [5, 5.41) is 3.23. The SMILES string of the molecule is CC(C)(C)c1csc(C(C)(C)S)n1. The van der Waals surface area contributed by atoms with Gasteiger partial charge in [-0.25, -0.2) is 4.98 Å². The zero-order valence-corrected chi connectivity index (χ0v) is 10.6. The molecule has 0 aliphatic rings. The maximum atomic E-state index is 4.59. The lowest BCUT2D eigenvalue weighted by Gasteiger charge is -2.16. The minimum Gasteiger partial charge on any atom is -0.244 e. The van der Waals surface area contributed by atoms with E-state index in [1.54, 1.807) is 11.3 Å². The summed E-state index contributed by atoms with van der Waals surface area (Å²) in [5.41, 5.74) is 1.31. The molecule has 1 aromatic rings. The Balaban J connectivity index is 3.01. The summed E-state index contributed by atoms with van der Waals surface area (Å²) in [4.78, 5) is 4.59. The molecular weight excluding hydrogens is 198 g/mol. The number of hydrogen-bond acceptors (Lipinski definition) is 3. The Labute approximate surface area is 90.0 Å². The lowest BCUT2D eigenvalue weighted by Crippen LogP contribution is -2.13. The van der Waals surface area contributed by atoms with Gasteiger partial charge in [0.25, 0.3) is 0 Å². The quantitative estimate of drug-likeness (QED) is 0.706. The average Bonchev–Trinajstić information content (AvgIpc) is 2.28. The highest BCUT2D eigenvalue weighted by atomic mass is 32.1. The molecule has 0 aliphatic heterocycles. The van der Waals surface area contributed by atoms with E-state index < -0.39 is 0 Å². The van der Waals surface area contributed by atoms with Gasteiger partial charge in [-0.15, -0.1) is 11.3 Å². The van der Waals surface area contributed by atoms with Gasteiger partial charge in [0.2, 0.25) is 0 Å². The molecule has 0 N–H and O–H groups in total. The van der Waals surface area contributed by atoms with Crippen molar-refractivity contribution in [3.05, 3.63) is 16.1 Å². The normalized spacial score (nSPS) is 13.4. The highest BCUT2D eigenvalue weighted by Crippen LogP contribution is 2.32. The van der Waals surface area contributed by atoms with Crippen molar-refractivity contribution in [1.29, 1.82) is 0 Å². The third-order valence-corrected chi connectivity index (χ3v) is 3.33. The number of hydrogen-bond donors (Lipinski definition) is 1. The second-order valence-electron chi connectivity index (χ2n) is 4.85. The molecule has 13 heavy (non-hydrogen) atoms. The highest BCUT2D eigenvalue weighted by Gasteiger charge is 2.23. The molecule has 1 heterocycles. The summed E-state index contributed by atoms with van der Waals surface area (Å²) < 4.78 is -0.117. The number of aromatic nitrogens is 1. The van der Waals surface area contributed by atoms with Crippen LogP contribution in [-0.2, 0) is 10.2 Å². The fourth-order valence-corrected chi connectivity index (χ4v) is 2.18. The number of thiazole rings is 1. The van der Waals surface area contributed by atoms with Gasteiger partial charge in [0.1, 0.15) is 5.01 Å². The number of rotatable bonds is 1. The van der Waals surface area contributed by atoms with Gasteiger partial charge in [0.15, 0.2) is 0 Å². The molecular formula is C10H17NS2. The summed E-state index contributed by atoms with van der Waals surface area (Å²) in [7, 11) is 0. The molecule has 0 saturated heterocycles. The topological polar surface area (TPSA) is 12.9 Å². The van der Waals surface area contributed by atoms with E-state index in [9.17, 15) is 0 Å². The maximum absolute atomic E-state index is 4.59. The zero-order chi connectivity index (χ0) is 10.3. The Morgan fingerprint density at radius 1 is 1.23 bits per heavy atom. The Morgan fingerprint density at radius 3 is 2.00 bits per heavy atom. The van der Waals surface area contributed by atoms with Crippen LogP contribution in [0.3, 0.4) is 0 Å². The molecule has 0 spiro atoms. The van der Waals surface area contributed by atoms with Crippen molar-refractivity contribution in [2.45, 2.75) is 44.8 Å². The van der Waals surface area contributed by atoms with Gasteiger partial charge in [0, 0.05) is 10.8 Å². The smallest absolute Gasteiger partial charge is 0.108 e. The lowest BCUT2D eigenvalue weighted by molar-refractivity contribution is 0.568. The molecule has 1 aromatic heterocycles. The predicted octanol–water partition coefficient (Wildman–Crippen LogP) is 3.61. The van der Waals surface area contributed by atoms with Gasteiger partial charge in [-0.3, -0.25) is 0 Å². The van der Waals surface area contributed by atoms with Gasteiger partial charge < -0.3 is 0 Å². The van der Waals surface area contributed by atoms with Gasteiger partial charge in [-0.05, 0) is 13.8 Å². The Kier molecular flexibility index (Phi) is 2.79. The Morgan fingerprint density at radius 2 is 1.77 bits per heavy atom. The summed E-state index contributed by atoms with van der Waals surface area (Å²) >= 11 is 6.20. The molecule has 0 bridgehead atoms. The van der Waals surface area contributed by atoms with E-state index in [2.05, 4.69) is 57.6 Å². The average molecular weight is 215 g/mol. The van der Waals surface area contributed by atoms with Gasteiger partial charge in [-0.2, -0.15) is 12.6 Å². The van der Waals surface area contributed by atoms with E-state index >= 15 is 0 Å². The van der Waals surface area contributed by atoms with Crippen LogP contribution in [0.1, 0.15) is 45.3 Å². The van der Waals surface area contributed by atoms with Crippen molar-refractivity contribution in [1.82, 2.24) is 4.98 Å². The molecule has 3 heteroatoms. The first-order valence-electron chi connectivity index (χ1n) is 4.40. The second kappa shape index (κ2) is 3.28. The van der Waals surface area contributed by atoms with Crippen LogP contribution >= 0.6 is 24.0 Å². The van der Waals surface area contributed by atoms with E-state index in [-0.39, 0.29) is 10.2 Å². The highest BCUT2D eigenvalue weighted by molar-refractivity contribution is 7.81. The monoisotopic (exact) mass is 215 g/mol. The third-order valence-electron chi connectivity index (χ3n) is 1.80. The first-order valence-corrected chi connectivity index (χ1v) is 5.73. The van der Waals surface area contributed by atoms with Crippen LogP contribution < -0.4 is 0 Å². The standard InChI is InChI=1S/C10H17NS2/c1-9(2,3)7-6-13-8(11-7)10(4,5)12/h6,12H,1-5H3. The van der Waals surface area contributed by atoms with Crippen molar-refractivity contribution in [3.8, 4) is 0 Å². The summed E-state index contributed by atoms with van der Waals surface area (Å²) in [6.07, 6.45) is 0. The Bertz CT molecular complexity index is 260. The molecule has 1 rings (SSSR count). The molecule has 0 atom stereocenters.